The Kier molecular flexibility index (Phi) is 0.870. The van der Waals surface area contributed by atoms with Crippen molar-refractivity contribution in [3.63, 3.8) is 0 Å². The molecular formula is C9H14. The van der Waals surface area contributed by atoms with Gasteiger partial charge in [-0.1, -0.05) is 31.9 Å². The SMILES string of the molecule is CCC1CC2=CC1(C)C2. The van der Waals surface area contributed by atoms with E-state index in [1.54, 1.807) is 5.57 Å². The molecule has 0 heteroatoms. The summed E-state index contributed by atoms with van der Waals surface area (Å²) in [6.45, 7) is 4.71. The molecule has 0 aliphatic heterocycles. The summed E-state index contributed by atoms with van der Waals surface area (Å²) in [4.78, 5) is 0. The van der Waals surface area contributed by atoms with Crippen molar-refractivity contribution in [3.8, 4) is 0 Å². The van der Waals surface area contributed by atoms with Gasteiger partial charge in [-0.05, 0) is 24.2 Å². The van der Waals surface area contributed by atoms with Crippen LogP contribution < -0.4 is 0 Å². The highest BCUT2D eigenvalue weighted by molar-refractivity contribution is 5.31. The molecule has 0 saturated heterocycles. The van der Waals surface area contributed by atoms with Gasteiger partial charge in [0.25, 0.3) is 0 Å². The van der Waals surface area contributed by atoms with Crippen molar-refractivity contribution in [1.29, 1.82) is 0 Å². The highest BCUT2D eigenvalue weighted by Gasteiger charge is 2.45. The van der Waals surface area contributed by atoms with Crippen LogP contribution in [-0.4, -0.2) is 0 Å². The van der Waals surface area contributed by atoms with Gasteiger partial charge >= 0.3 is 0 Å². The largest absolute Gasteiger partial charge is 0.0787 e. The van der Waals surface area contributed by atoms with E-state index < -0.39 is 0 Å². The number of fused-ring (bicyclic) bond motifs is 1. The van der Waals surface area contributed by atoms with Crippen LogP contribution in [0, 0.1) is 11.3 Å². The van der Waals surface area contributed by atoms with Crippen LogP contribution in [0.3, 0.4) is 0 Å². The van der Waals surface area contributed by atoms with Gasteiger partial charge in [-0.2, -0.15) is 0 Å². The molecule has 2 unspecified atom stereocenters. The fourth-order valence-corrected chi connectivity index (χ4v) is 2.48. The second-order valence-electron chi connectivity index (χ2n) is 3.79. The van der Waals surface area contributed by atoms with Crippen molar-refractivity contribution in [2.45, 2.75) is 33.1 Å². The normalized spacial score (nSPS) is 46.4. The Morgan fingerprint density at radius 2 is 2.44 bits per heavy atom. The van der Waals surface area contributed by atoms with Gasteiger partial charge in [0.05, 0.1) is 0 Å². The molecule has 3 aliphatic rings. The van der Waals surface area contributed by atoms with Crippen LogP contribution in [0.15, 0.2) is 11.6 Å². The lowest BCUT2D eigenvalue weighted by atomic mass is 9.74. The molecule has 0 radical (unpaired) electrons. The topological polar surface area (TPSA) is 0 Å². The third-order valence-electron chi connectivity index (χ3n) is 3.08. The number of hydrogen-bond donors (Lipinski definition) is 0. The van der Waals surface area contributed by atoms with Crippen LogP contribution in [-0.2, 0) is 0 Å². The number of rotatable bonds is 1. The van der Waals surface area contributed by atoms with E-state index in [1.807, 2.05) is 0 Å². The maximum Gasteiger partial charge on any atom is -0.00755 e. The zero-order valence-electron chi connectivity index (χ0n) is 6.28. The summed E-state index contributed by atoms with van der Waals surface area (Å²) in [5.41, 5.74) is 2.37. The van der Waals surface area contributed by atoms with Gasteiger partial charge in [-0.3, -0.25) is 0 Å². The van der Waals surface area contributed by atoms with Gasteiger partial charge in [-0.15, -0.1) is 0 Å². The van der Waals surface area contributed by atoms with Gasteiger partial charge in [0.1, 0.15) is 0 Å². The predicted octanol–water partition coefficient (Wildman–Crippen LogP) is 2.75. The van der Waals surface area contributed by atoms with Crippen LogP contribution in [0.1, 0.15) is 33.1 Å². The average molecular weight is 122 g/mol. The van der Waals surface area contributed by atoms with E-state index in [0.717, 1.165) is 5.92 Å². The summed E-state index contributed by atoms with van der Waals surface area (Å²) in [5, 5.41) is 0. The van der Waals surface area contributed by atoms with Crippen molar-refractivity contribution < 1.29 is 0 Å². The summed E-state index contributed by atoms with van der Waals surface area (Å²) < 4.78 is 0. The highest BCUT2D eigenvalue weighted by atomic mass is 14.5. The molecule has 0 spiro atoms. The molecule has 0 N–H and O–H groups in total. The molecule has 0 heterocycles. The molecule has 50 valence electrons. The Balaban J connectivity index is 2.19. The molecule has 0 aromatic heterocycles. The monoisotopic (exact) mass is 122 g/mol. The lowest BCUT2D eigenvalue weighted by Gasteiger charge is -2.30. The van der Waals surface area contributed by atoms with E-state index in [9.17, 15) is 0 Å². The van der Waals surface area contributed by atoms with Crippen molar-refractivity contribution >= 4 is 0 Å². The summed E-state index contributed by atoms with van der Waals surface area (Å²) in [7, 11) is 0. The van der Waals surface area contributed by atoms with Crippen LogP contribution >= 0.6 is 0 Å². The van der Waals surface area contributed by atoms with Crippen LogP contribution in [0.25, 0.3) is 0 Å². The van der Waals surface area contributed by atoms with Crippen LogP contribution in [0.5, 0.6) is 0 Å². The Labute approximate surface area is 57.0 Å². The molecule has 9 heavy (non-hydrogen) atoms. The van der Waals surface area contributed by atoms with Crippen molar-refractivity contribution in [2.24, 2.45) is 11.3 Å². The van der Waals surface area contributed by atoms with Crippen LogP contribution in [0.2, 0.25) is 0 Å². The maximum absolute atomic E-state index is 2.49. The molecule has 3 aliphatic carbocycles. The van der Waals surface area contributed by atoms with Gasteiger partial charge in [0, 0.05) is 0 Å². The molecule has 0 aromatic rings. The molecule has 2 atom stereocenters. The first kappa shape index (κ1) is 5.52. The minimum atomic E-state index is 0.643. The molecule has 0 nitrogen and oxygen atoms in total. The third kappa shape index (κ3) is 0.540. The van der Waals surface area contributed by atoms with E-state index in [4.69, 9.17) is 0 Å². The lowest BCUT2D eigenvalue weighted by molar-refractivity contribution is 0.292. The van der Waals surface area contributed by atoms with E-state index in [2.05, 4.69) is 19.9 Å². The zero-order chi connectivity index (χ0) is 6.48. The fraction of sp³-hybridized carbons (Fsp3) is 0.778. The first-order chi connectivity index (χ1) is 4.24. The van der Waals surface area contributed by atoms with E-state index >= 15 is 0 Å². The van der Waals surface area contributed by atoms with Crippen molar-refractivity contribution in [2.75, 3.05) is 0 Å². The fourth-order valence-electron chi connectivity index (χ4n) is 2.48. The van der Waals surface area contributed by atoms with Gasteiger partial charge in [-0.25, -0.2) is 0 Å². The minimum Gasteiger partial charge on any atom is -0.0787 e. The second kappa shape index (κ2) is 1.42. The van der Waals surface area contributed by atoms with Gasteiger partial charge < -0.3 is 0 Å². The Bertz CT molecular complexity index is 167. The Morgan fingerprint density at radius 3 is 2.67 bits per heavy atom. The minimum absolute atomic E-state index is 0.643. The highest BCUT2D eigenvalue weighted by Crippen LogP contribution is 2.57. The van der Waals surface area contributed by atoms with Gasteiger partial charge in [0.15, 0.2) is 0 Å². The molecular weight excluding hydrogens is 108 g/mol. The Morgan fingerprint density at radius 1 is 1.78 bits per heavy atom. The number of allylic oxidation sites excluding steroid dienone is 2. The van der Waals surface area contributed by atoms with Crippen molar-refractivity contribution in [1.82, 2.24) is 0 Å². The molecule has 3 rings (SSSR count). The van der Waals surface area contributed by atoms with E-state index in [1.165, 1.54) is 19.3 Å². The smallest absolute Gasteiger partial charge is 0.00755 e. The predicted molar refractivity (Wildman–Crippen MR) is 39.2 cm³/mol. The molecule has 2 bridgehead atoms. The first-order valence-corrected chi connectivity index (χ1v) is 3.95. The van der Waals surface area contributed by atoms with E-state index in [0.29, 0.717) is 5.41 Å². The zero-order valence-corrected chi connectivity index (χ0v) is 6.28. The number of hydrogen-bond acceptors (Lipinski definition) is 0. The van der Waals surface area contributed by atoms with Gasteiger partial charge in [0.2, 0.25) is 0 Å². The van der Waals surface area contributed by atoms with E-state index in [-0.39, 0.29) is 0 Å². The first-order valence-electron chi connectivity index (χ1n) is 3.95. The lowest BCUT2D eigenvalue weighted by Crippen LogP contribution is -2.20. The maximum atomic E-state index is 2.49. The average Bonchev–Trinajstić information content (AvgIpc) is 2.18. The quantitative estimate of drug-likeness (QED) is 0.469. The Hall–Kier alpha value is -0.260. The molecule has 0 amide bonds. The molecule has 0 aromatic carbocycles. The van der Waals surface area contributed by atoms with Crippen molar-refractivity contribution in [3.05, 3.63) is 11.6 Å². The summed E-state index contributed by atoms with van der Waals surface area (Å²) in [6.07, 6.45) is 6.68. The second-order valence-corrected chi connectivity index (χ2v) is 3.79. The van der Waals surface area contributed by atoms with Crippen LogP contribution in [0.4, 0.5) is 0 Å². The summed E-state index contributed by atoms with van der Waals surface area (Å²) >= 11 is 0. The summed E-state index contributed by atoms with van der Waals surface area (Å²) in [5.74, 6) is 0.993. The molecule has 1 saturated carbocycles. The standard InChI is InChI=1S/C9H14/c1-3-8-4-7-5-9(8,2)6-7/h5,8H,3-4,6H2,1-2H3. The summed E-state index contributed by atoms with van der Waals surface area (Å²) in [6, 6.07) is 0. The third-order valence-corrected chi connectivity index (χ3v) is 3.08. The molecule has 1 fully saturated rings.